The Morgan fingerprint density at radius 1 is 1.36 bits per heavy atom. The summed E-state index contributed by atoms with van der Waals surface area (Å²) in [4.78, 5) is 25.2. The lowest BCUT2D eigenvalue weighted by atomic mass is 10.1. The maximum absolute atomic E-state index is 12.9. The van der Waals surface area contributed by atoms with Crippen molar-refractivity contribution in [2.24, 2.45) is 5.92 Å². The third-order valence-electron chi connectivity index (χ3n) is 5.17. The first kappa shape index (κ1) is 19.4. The van der Waals surface area contributed by atoms with E-state index in [2.05, 4.69) is 29.4 Å². The highest BCUT2D eigenvalue weighted by molar-refractivity contribution is 7.99. The number of carbonyl (C=O) groups excluding carboxylic acids is 1. The molecule has 1 fully saturated rings. The molecule has 1 saturated carbocycles. The summed E-state index contributed by atoms with van der Waals surface area (Å²) in [5.74, 6) is 1.37. The lowest BCUT2D eigenvalue weighted by Gasteiger charge is -2.12. The highest BCUT2D eigenvalue weighted by atomic mass is 32.2. The van der Waals surface area contributed by atoms with Crippen LogP contribution in [0.15, 0.2) is 21.4 Å². The zero-order chi connectivity index (χ0) is 19.7. The summed E-state index contributed by atoms with van der Waals surface area (Å²) >= 11 is 2.81. The molecular weight excluding hydrogens is 394 g/mol. The minimum atomic E-state index is -0.0129. The average Bonchev–Trinajstić information content (AvgIpc) is 3.39. The van der Waals surface area contributed by atoms with Crippen molar-refractivity contribution in [1.82, 2.24) is 24.5 Å². The smallest absolute Gasteiger partial charge is 0.272 e. The van der Waals surface area contributed by atoms with Gasteiger partial charge in [-0.2, -0.15) is 0 Å². The maximum Gasteiger partial charge on any atom is 0.272 e. The largest absolute Gasteiger partial charge is 0.353 e. The topological polar surface area (TPSA) is 81.3 Å². The predicted molar refractivity (Wildman–Crippen MR) is 113 cm³/mol. The number of thioether (sulfide) groups is 1. The van der Waals surface area contributed by atoms with Gasteiger partial charge < -0.3 is 5.32 Å². The van der Waals surface area contributed by atoms with Gasteiger partial charge in [0.2, 0.25) is 11.7 Å². The van der Waals surface area contributed by atoms with Gasteiger partial charge in [0.15, 0.2) is 5.16 Å². The van der Waals surface area contributed by atoms with Gasteiger partial charge in [0, 0.05) is 12.6 Å². The number of nitrogens with one attached hydrogen (secondary N) is 1. The molecule has 0 unspecified atom stereocenters. The molecule has 0 saturated heterocycles. The van der Waals surface area contributed by atoms with Crippen LogP contribution in [0.3, 0.4) is 0 Å². The van der Waals surface area contributed by atoms with Gasteiger partial charge in [0.1, 0.15) is 4.70 Å². The van der Waals surface area contributed by atoms with Gasteiger partial charge in [-0.05, 0) is 36.6 Å². The quantitative estimate of drug-likeness (QED) is 0.594. The highest BCUT2D eigenvalue weighted by Gasteiger charge is 2.20. The minimum Gasteiger partial charge on any atom is -0.353 e. The molecule has 1 aliphatic rings. The van der Waals surface area contributed by atoms with Crippen LogP contribution in [0, 0.1) is 5.92 Å². The summed E-state index contributed by atoms with van der Waals surface area (Å²) in [6.45, 7) is 4.89. The van der Waals surface area contributed by atoms with E-state index >= 15 is 0 Å². The Bertz CT molecular complexity index is 1050. The van der Waals surface area contributed by atoms with Crippen molar-refractivity contribution in [2.45, 2.75) is 63.7 Å². The van der Waals surface area contributed by atoms with Gasteiger partial charge >= 0.3 is 0 Å². The molecule has 1 N–H and O–H groups in total. The summed E-state index contributed by atoms with van der Waals surface area (Å²) in [6, 6.07) is 2.24. The molecule has 0 radical (unpaired) electrons. The molecule has 3 heterocycles. The first-order chi connectivity index (χ1) is 13.5. The number of amides is 1. The Hall–Kier alpha value is -1.87. The number of thiophene rings is 1. The number of hydrogen-bond acceptors (Lipinski definition) is 6. The molecular formula is C19H25N5O2S2. The summed E-state index contributed by atoms with van der Waals surface area (Å²) < 4.78 is 4.34. The number of rotatable bonds is 7. The second-order valence-electron chi connectivity index (χ2n) is 7.73. The molecule has 28 heavy (non-hydrogen) atoms. The van der Waals surface area contributed by atoms with Crippen LogP contribution in [0.25, 0.3) is 16.0 Å². The molecule has 9 heteroatoms. The Kier molecular flexibility index (Phi) is 5.73. The van der Waals surface area contributed by atoms with Crippen molar-refractivity contribution in [2.75, 3.05) is 5.75 Å². The van der Waals surface area contributed by atoms with E-state index in [0.29, 0.717) is 39.9 Å². The molecule has 3 aromatic heterocycles. The van der Waals surface area contributed by atoms with Crippen LogP contribution in [0.4, 0.5) is 0 Å². The van der Waals surface area contributed by atoms with Crippen molar-refractivity contribution >= 4 is 45.0 Å². The van der Waals surface area contributed by atoms with Gasteiger partial charge in [-0.1, -0.05) is 38.5 Å². The maximum atomic E-state index is 12.9. The van der Waals surface area contributed by atoms with Crippen molar-refractivity contribution in [3.8, 4) is 0 Å². The van der Waals surface area contributed by atoms with Crippen LogP contribution in [0.2, 0.25) is 0 Å². The van der Waals surface area contributed by atoms with Crippen LogP contribution < -0.4 is 10.9 Å². The normalized spacial score (nSPS) is 15.2. The third-order valence-corrected chi connectivity index (χ3v) is 6.99. The van der Waals surface area contributed by atoms with E-state index in [1.165, 1.54) is 35.9 Å². The molecule has 0 aliphatic heterocycles. The number of hydrogen-bond donors (Lipinski definition) is 1. The van der Waals surface area contributed by atoms with Crippen molar-refractivity contribution in [3.63, 3.8) is 0 Å². The van der Waals surface area contributed by atoms with Crippen LogP contribution in [0.5, 0.6) is 0 Å². The zero-order valence-corrected chi connectivity index (χ0v) is 17.8. The van der Waals surface area contributed by atoms with E-state index in [-0.39, 0.29) is 11.5 Å². The minimum absolute atomic E-state index is 0.0129. The molecule has 1 aliphatic carbocycles. The van der Waals surface area contributed by atoms with Crippen LogP contribution in [0.1, 0.15) is 46.0 Å². The van der Waals surface area contributed by atoms with Gasteiger partial charge in [0.25, 0.3) is 5.56 Å². The Labute approximate surface area is 171 Å². The molecule has 1 amide bonds. The van der Waals surface area contributed by atoms with Gasteiger partial charge in [-0.25, -0.2) is 0 Å². The Morgan fingerprint density at radius 3 is 2.89 bits per heavy atom. The monoisotopic (exact) mass is 419 g/mol. The van der Waals surface area contributed by atoms with E-state index in [4.69, 9.17) is 0 Å². The Morgan fingerprint density at radius 2 is 2.14 bits per heavy atom. The molecule has 0 aromatic carbocycles. The van der Waals surface area contributed by atoms with E-state index in [0.717, 1.165) is 24.8 Å². The summed E-state index contributed by atoms with van der Waals surface area (Å²) in [5, 5.41) is 14.3. The van der Waals surface area contributed by atoms with Gasteiger partial charge in [-0.3, -0.25) is 18.6 Å². The van der Waals surface area contributed by atoms with Crippen molar-refractivity contribution < 1.29 is 4.79 Å². The molecule has 0 atom stereocenters. The first-order valence-electron chi connectivity index (χ1n) is 9.82. The predicted octanol–water partition coefficient (Wildman–Crippen LogP) is 3.30. The molecule has 3 aromatic rings. The number of aryl methyl sites for hydroxylation is 1. The fraction of sp³-hybridized carbons (Fsp3) is 0.579. The van der Waals surface area contributed by atoms with Crippen molar-refractivity contribution in [1.29, 1.82) is 0 Å². The average molecular weight is 420 g/mol. The fourth-order valence-corrected chi connectivity index (χ4v) is 5.23. The molecule has 150 valence electrons. The number of aromatic nitrogens is 4. The highest BCUT2D eigenvalue weighted by Crippen LogP contribution is 2.25. The molecule has 0 bridgehead atoms. The molecule has 0 spiro atoms. The van der Waals surface area contributed by atoms with E-state index in [1.807, 2.05) is 15.8 Å². The summed E-state index contributed by atoms with van der Waals surface area (Å²) in [6.07, 6.45) is 5.42. The summed E-state index contributed by atoms with van der Waals surface area (Å²) in [5.41, 5.74) is 0.801. The standard InChI is InChI=1S/C19H25N5O2S2/c1-12(2)7-9-23-17(26)16-14(8-10-27-16)24-18(23)21-22-19(24)28-11-15(25)20-13-5-3-4-6-13/h8,10,12-13H,3-7,9,11H2,1-2H3,(H,20,25). The summed E-state index contributed by atoms with van der Waals surface area (Å²) in [7, 11) is 0. The number of carbonyl (C=O) groups is 1. The van der Waals surface area contributed by atoms with E-state index < -0.39 is 0 Å². The Balaban J connectivity index is 1.62. The third kappa shape index (κ3) is 3.82. The number of nitrogens with zero attached hydrogens (tertiary/aromatic N) is 4. The van der Waals surface area contributed by atoms with Crippen LogP contribution in [-0.4, -0.2) is 36.9 Å². The lowest BCUT2D eigenvalue weighted by Crippen LogP contribution is -2.33. The lowest BCUT2D eigenvalue weighted by molar-refractivity contribution is -0.119. The van der Waals surface area contributed by atoms with Crippen LogP contribution >= 0.6 is 23.1 Å². The molecule has 7 nitrogen and oxygen atoms in total. The fourth-order valence-electron chi connectivity index (χ4n) is 3.65. The van der Waals surface area contributed by atoms with Crippen molar-refractivity contribution in [3.05, 3.63) is 21.8 Å². The van der Waals surface area contributed by atoms with Crippen LogP contribution in [-0.2, 0) is 11.3 Å². The SMILES string of the molecule is CC(C)CCn1c(=O)c2sccc2n2c(SCC(=O)NC3CCCC3)nnc12. The van der Waals surface area contributed by atoms with E-state index in [9.17, 15) is 9.59 Å². The van der Waals surface area contributed by atoms with E-state index in [1.54, 1.807) is 4.57 Å². The second kappa shape index (κ2) is 8.24. The van der Waals surface area contributed by atoms with Gasteiger partial charge in [0.05, 0.1) is 11.3 Å². The first-order valence-corrected chi connectivity index (χ1v) is 11.7. The number of fused-ring (bicyclic) bond motifs is 3. The molecule has 4 rings (SSSR count). The second-order valence-corrected chi connectivity index (χ2v) is 9.59. The zero-order valence-electron chi connectivity index (χ0n) is 16.2. The van der Waals surface area contributed by atoms with Gasteiger partial charge in [-0.15, -0.1) is 21.5 Å².